The van der Waals surface area contributed by atoms with Gasteiger partial charge in [0.2, 0.25) is 5.91 Å². The average molecular weight is 346 g/mol. The number of thiazole rings is 1. The minimum atomic E-state index is -0.368. The Morgan fingerprint density at radius 3 is 2.83 bits per heavy atom. The number of nitrogens with one attached hydrogen (secondary N) is 1. The van der Waals surface area contributed by atoms with Crippen LogP contribution in [0, 0.1) is 12.3 Å². The molecule has 2 rings (SSSR count). The molecule has 1 aromatic carbocycles. The summed E-state index contributed by atoms with van der Waals surface area (Å²) in [6.45, 7) is 8.45. The molecule has 0 bridgehead atoms. The summed E-state index contributed by atoms with van der Waals surface area (Å²) in [5.74, 6) is -0.0326. The summed E-state index contributed by atoms with van der Waals surface area (Å²) in [5.41, 5.74) is 2.95. The Hall–Kier alpha value is -1.72. The van der Waals surface area contributed by atoms with Gasteiger partial charge in [-0.25, -0.2) is 4.98 Å². The molecule has 1 unspecified atom stereocenters. The number of hydrogen-bond donors (Lipinski definition) is 2. The van der Waals surface area contributed by atoms with Crippen LogP contribution >= 0.6 is 11.3 Å². The monoisotopic (exact) mass is 346 g/mol. The number of aryl methyl sites for hydroxylation is 1. The van der Waals surface area contributed by atoms with Crippen molar-refractivity contribution < 1.29 is 9.90 Å². The number of carbonyl (C=O) groups is 1. The highest BCUT2D eigenvalue weighted by Crippen LogP contribution is 2.25. The number of rotatable bonds is 7. The third-order valence-electron chi connectivity index (χ3n) is 3.77. The van der Waals surface area contributed by atoms with E-state index in [1.54, 1.807) is 18.3 Å². The number of aliphatic hydroxyl groups excluding tert-OH is 1. The van der Waals surface area contributed by atoms with E-state index in [0.29, 0.717) is 13.0 Å². The SMILES string of the molecule is Cc1cccc(-c2nc(CC(=O)NCC(C)(C)CC(C)O)cs2)c1. The molecule has 0 saturated heterocycles. The molecule has 5 heteroatoms. The van der Waals surface area contributed by atoms with Gasteiger partial charge in [-0.05, 0) is 31.7 Å². The van der Waals surface area contributed by atoms with E-state index in [-0.39, 0.29) is 23.8 Å². The maximum absolute atomic E-state index is 12.1. The summed E-state index contributed by atoms with van der Waals surface area (Å²) in [6, 6.07) is 8.21. The molecular formula is C19H26N2O2S. The minimum absolute atomic E-state index is 0.0326. The highest BCUT2D eigenvalue weighted by Gasteiger charge is 2.21. The highest BCUT2D eigenvalue weighted by atomic mass is 32.1. The summed E-state index contributed by atoms with van der Waals surface area (Å²) in [5, 5.41) is 15.3. The molecule has 1 heterocycles. The van der Waals surface area contributed by atoms with Crippen LogP contribution in [0.4, 0.5) is 0 Å². The van der Waals surface area contributed by atoms with E-state index in [4.69, 9.17) is 0 Å². The van der Waals surface area contributed by atoms with E-state index in [9.17, 15) is 9.90 Å². The zero-order chi connectivity index (χ0) is 17.7. The van der Waals surface area contributed by atoms with Crippen LogP contribution < -0.4 is 5.32 Å². The maximum atomic E-state index is 12.1. The Kier molecular flexibility index (Phi) is 6.13. The molecule has 130 valence electrons. The van der Waals surface area contributed by atoms with Crippen LogP contribution in [-0.4, -0.2) is 28.6 Å². The molecule has 1 amide bonds. The van der Waals surface area contributed by atoms with Crippen LogP contribution in [0.25, 0.3) is 10.6 Å². The van der Waals surface area contributed by atoms with Gasteiger partial charge in [-0.15, -0.1) is 11.3 Å². The van der Waals surface area contributed by atoms with E-state index >= 15 is 0 Å². The topological polar surface area (TPSA) is 62.2 Å². The van der Waals surface area contributed by atoms with Gasteiger partial charge in [-0.1, -0.05) is 37.6 Å². The molecule has 0 aliphatic heterocycles. The number of hydrogen-bond acceptors (Lipinski definition) is 4. The first-order valence-electron chi connectivity index (χ1n) is 8.21. The first-order chi connectivity index (χ1) is 11.2. The number of nitrogens with zero attached hydrogens (tertiary/aromatic N) is 1. The largest absolute Gasteiger partial charge is 0.393 e. The Morgan fingerprint density at radius 1 is 1.42 bits per heavy atom. The van der Waals surface area contributed by atoms with Gasteiger partial charge < -0.3 is 10.4 Å². The molecule has 0 spiro atoms. The van der Waals surface area contributed by atoms with Gasteiger partial charge in [0.15, 0.2) is 0 Å². The van der Waals surface area contributed by atoms with Gasteiger partial charge >= 0.3 is 0 Å². The highest BCUT2D eigenvalue weighted by molar-refractivity contribution is 7.13. The number of carbonyl (C=O) groups excluding carboxylic acids is 1. The molecule has 0 aliphatic carbocycles. The summed E-state index contributed by atoms with van der Waals surface area (Å²) in [7, 11) is 0. The fourth-order valence-corrected chi connectivity index (χ4v) is 3.55. The van der Waals surface area contributed by atoms with Gasteiger partial charge in [-0.3, -0.25) is 4.79 Å². The summed E-state index contributed by atoms with van der Waals surface area (Å²) in [6.07, 6.45) is 0.571. The van der Waals surface area contributed by atoms with Crippen LogP contribution in [0.1, 0.15) is 38.4 Å². The third kappa shape index (κ3) is 5.73. The van der Waals surface area contributed by atoms with Crippen molar-refractivity contribution >= 4 is 17.2 Å². The lowest BCUT2D eigenvalue weighted by atomic mass is 9.87. The smallest absolute Gasteiger partial charge is 0.226 e. The number of amides is 1. The number of benzene rings is 1. The quantitative estimate of drug-likeness (QED) is 0.805. The lowest BCUT2D eigenvalue weighted by Gasteiger charge is -2.26. The lowest BCUT2D eigenvalue weighted by molar-refractivity contribution is -0.121. The molecule has 1 aromatic heterocycles. The molecular weight excluding hydrogens is 320 g/mol. The van der Waals surface area contributed by atoms with E-state index in [1.165, 1.54) is 5.56 Å². The van der Waals surface area contributed by atoms with Gasteiger partial charge in [0.25, 0.3) is 0 Å². The normalized spacial score (nSPS) is 12.9. The predicted molar refractivity (Wildman–Crippen MR) is 99.1 cm³/mol. The zero-order valence-corrected chi connectivity index (χ0v) is 15.6. The van der Waals surface area contributed by atoms with Crippen molar-refractivity contribution in [1.82, 2.24) is 10.3 Å². The molecule has 24 heavy (non-hydrogen) atoms. The second-order valence-corrected chi connectivity index (χ2v) is 8.04. The second-order valence-electron chi connectivity index (χ2n) is 7.18. The second kappa shape index (κ2) is 7.90. The Labute approximate surface area is 148 Å². The maximum Gasteiger partial charge on any atom is 0.226 e. The average Bonchev–Trinajstić information content (AvgIpc) is 2.92. The molecule has 0 fully saturated rings. The van der Waals surface area contributed by atoms with Crippen LogP contribution in [0.3, 0.4) is 0 Å². The van der Waals surface area contributed by atoms with Crippen molar-refractivity contribution in [1.29, 1.82) is 0 Å². The Morgan fingerprint density at radius 2 is 2.17 bits per heavy atom. The molecule has 0 radical (unpaired) electrons. The predicted octanol–water partition coefficient (Wildman–Crippen LogP) is 3.57. The van der Waals surface area contributed by atoms with E-state index in [0.717, 1.165) is 16.3 Å². The van der Waals surface area contributed by atoms with Crippen LogP contribution in [0.2, 0.25) is 0 Å². The van der Waals surface area contributed by atoms with Crippen molar-refractivity contribution in [3.63, 3.8) is 0 Å². The van der Waals surface area contributed by atoms with Crippen LogP contribution in [-0.2, 0) is 11.2 Å². The molecule has 0 saturated carbocycles. The van der Waals surface area contributed by atoms with E-state index in [1.807, 2.05) is 31.4 Å². The van der Waals surface area contributed by atoms with Crippen molar-refractivity contribution in [2.24, 2.45) is 5.41 Å². The van der Waals surface area contributed by atoms with Crippen LogP contribution in [0.5, 0.6) is 0 Å². The summed E-state index contributed by atoms with van der Waals surface area (Å²) >= 11 is 1.56. The van der Waals surface area contributed by atoms with Crippen molar-refractivity contribution in [2.75, 3.05) is 6.54 Å². The Balaban J connectivity index is 1.91. The summed E-state index contributed by atoms with van der Waals surface area (Å²) < 4.78 is 0. The van der Waals surface area contributed by atoms with E-state index in [2.05, 4.69) is 29.4 Å². The molecule has 2 aromatic rings. The Bertz CT molecular complexity index is 692. The fourth-order valence-electron chi connectivity index (χ4n) is 2.74. The van der Waals surface area contributed by atoms with E-state index < -0.39 is 0 Å². The molecule has 2 N–H and O–H groups in total. The number of aliphatic hydroxyl groups is 1. The minimum Gasteiger partial charge on any atom is -0.393 e. The van der Waals surface area contributed by atoms with Crippen LogP contribution in [0.15, 0.2) is 29.6 Å². The standard InChI is InChI=1S/C19H26N2O2S/c1-13-6-5-7-15(8-13)18-21-16(11-24-18)9-17(23)20-12-19(3,4)10-14(2)22/h5-8,11,14,22H,9-10,12H2,1-4H3,(H,20,23). The lowest BCUT2D eigenvalue weighted by Crippen LogP contribution is -2.36. The van der Waals surface area contributed by atoms with Crippen molar-refractivity contribution in [3.05, 3.63) is 40.9 Å². The fraction of sp³-hybridized carbons (Fsp3) is 0.474. The van der Waals surface area contributed by atoms with Gasteiger partial charge in [-0.2, -0.15) is 0 Å². The first-order valence-corrected chi connectivity index (χ1v) is 9.09. The summed E-state index contributed by atoms with van der Waals surface area (Å²) in [4.78, 5) is 16.7. The van der Waals surface area contributed by atoms with Gasteiger partial charge in [0, 0.05) is 17.5 Å². The van der Waals surface area contributed by atoms with Gasteiger partial charge in [0.05, 0.1) is 18.2 Å². The van der Waals surface area contributed by atoms with Crippen molar-refractivity contribution in [2.45, 2.75) is 46.6 Å². The van der Waals surface area contributed by atoms with Crippen molar-refractivity contribution in [3.8, 4) is 10.6 Å². The molecule has 4 nitrogen and oxygen atoms in total. The van der Waals surface area contributed by atoms with Gasteiger partial charge in [0.1, 0.15) is 5.01 Å². The first kappa shape index (κ1) is 18.6. The molecule has 0 aliphatic rings. The molecule has 1 atom stereocenters. The third-order valence-corrected chi connectivity index (χ3v) is 4.71. The zero-order valence-electron chi connectivity index (χ0n) is 14.8. The number of aromatic nitrogens is 1.